The molecule has 0 aromatic heterocycles. The van der Waals surface area contributed by atoms with Crippen LogP contribution in [0.15, 0.2) is 30.3 Å². The number of amides is 1. The van der Waals surface area contributed by atoms with Crippen molar-refractivity contribution < 1.29 is 9.53 Å². The topological polar surface area (TPSA) is 50.4 Å². The molecule has 2 N–H and O–H groups in total. The average molecular weight is 403 g/mol. The van der Waals surface area contributed by atoms with Crippen molar-refractivity contribution in [1.82, 2.24) is 0 Å². The van der Waals surface area contributed by atoms with Crippen molar-refractivity contribution in [3.05, 3.63) is 52.6 Å². The van der Waals surface area contributed by atoms with Crippen LogP contribution in [0.2, 0.25) is 0 Å². The Morgan fingerprint density at radius 2 is 1.61 bits per heavy atom. The summed E-state index contributed by atoms with van der Waals surface area (Å²) in [6.07, 6.45) is 1.95. The molecule has 0 fully saturated rings. The van der Waals surface area contributed by atoms with E-state index in [0.717, 1.165) is 16.8 Å². The second-order valence-electron chi connectivity index (χ2n) is 7.41. The SMILES string of the molecule is CC.COc1c(NSC)cc(C(C)(C)C)cc1NC(=O)c1ccc(C)c(C)c1. The molecule has 1 amide bonds. The normalized spacial score (nSPS) is 10.6. The van der Waals surface area contributed by atoms with Crippen molar-refractivity contribution in [2.24, 2.45) is 0 Å². The minimum Gasteiger partial charge on any atom is -0.492 e. The maximum Gasteiger partial charge on any atom is 0.255 e. The summed E-state index contributed by atoms with van der Waals surface area (Å²) in [6, 6.07) is 9.78. The van der Waals surface area contributed by atoms with Crippen LogP contribution in [0.25, 0.3) is 0 Å². The number of aryl methyl sites for hydroxylation is 2. The molecule has 4 nitrogen and oxygen atoms in total. The Labute approximate surface area is 174 Å². The molecule has 0 atom stereocenters. The fourth-order valence-electron chi connectivity index (χ4n) is 2.64. The molecule has 0 saturated heterocycles. The molecule has 0 aliphatic heterocycles. The quantitative estimate of drug-likeness (QED) is 0.555. The zero-order valence-corrected chi connectivity index (χ0v) is 19.4. The number of nitrogens with one attached hydrogen (secondary N) is 2. The van der Waals surface area contributed by atoms with Gasteiger partial charge in [-0.05, 0) is 60.2 Å². The molecule has 0 bridgehead atoms. The summed E-state index contributed by atoms with van der Waals surface area (Å²) in [7, 11) is 1.61. The van der Waals surface area contributed by atoms with Gasteiger partial charge in [0.15, 0.2) is 5.75 Å². The lowest BCUT2D eigenvalue weighted by atomic mass is 9.86. The molecule has 0 saturated carbocycles. The number of anilines is 2. The highest BCUT2D eigenvalue weighted by Crippen LogP contribution is 2.39. The summed E-state index contributed by atoms with van der Waals surface area (Å²) in [4.78, 5) is 12.8. The molecule has 0 unspecified atom stereocenters. The maximum atomic E-state index is 12.8. The highest BCUT2D eigenvalue weighted by molar-refractivity contribution is 7.99. The van der Waals surface area contributed by atoms with Gasteiger partial charge >= 0.3 is 0 Å². The first-order valence-electron chi connectivity index (χ1n) is 9.57. The Balaban J connectivity index is 0.00000190. The molecule has 2 rings (SSSR count). The minimum absolute atomic E-state index is 0.0545. The van der Waals surface area contributed by atoms with Gasteiger partial charge in [-0.3, -0.25) is 4.79 Å². The van der Waals surface area contributed by atoms with Crippen LogP contribution in [-0.2, 0) is 5.41 Å². The number of hydrogen-bond acceptors (Lipinski definition) is 4. The van der Waals surface area contributed by atoms with Crippen LogP contribution in [0.1, 0.15) is 61.7 Å². The van der Waals surface area contributed by atoms with E-state index in [4.69, 9.17) is 4.74 Å². The standard InChI is InChI=1S/C21H28N2O2S.C2H6/c1-13-8-9-15(10-14(13)2)20(24)22-17-11-16(21(3,4)5)12-18(23-26-7)19(17)25-6;1-2/h8-12,23H,1-7H3,(H,22,24);1-2H3. The molecule has 5 heteroatoms. The summed E-state index contributed by atoms with van der Waals surface area (Å²) in [5.41, 5.74) is 5.47. The molecule has 0 heterocycles. The summed E-state index contributed by atoms with van der Waals surface area (Å²) in [6.45, 7) is 14.5. The monoisotopic (exact) mass is 402 g/mol. The summed E-state index contributed by atoms with van der Waals surface area (Å²) in [5, 5.41) is 3.02. The highest BCUT2D eigenvalue weighted by atomic mass is 32.2. The number of rotatable bonds is 5. The zero-order chi connectivity index (χ0) is 21.5. The van der Waals surface area contributed by atoms with E-state index in [2.05, 4.69) is 36.9 Å². The molecule has 0 aliphatic rings. The van der Waals surface area contributed by atoms with Crippen LogP contribution in [0, 0.1) is 13.8 Å². The van der Waals surface area contributed by atoms with Crippen LogP contribution >= 0.6 is 11.9 Å². The van der Waals surface area contributed by atoms with Crippen LogP contribution < -0.4 is 14.8 Å². The van der Waals surface area contributed by atoms with Gasteiger partial charge in [0.25, 0.3) is 5.91 Å². The van der Waals surface area contributed by atoms with Gasteiger partial charge in [0.1, 0.15) is 0 Å². The van der Waals surface area contributed by atoms with Crippen molar-refractivity contribution in [3.63, 3.8) is 0 Å². The number of benzene rings is 2. The van der Waals surface area contributed by atoms with Gasteiger partial charge in [0.05, 0.1) is 18.5 Å². The van der Waals surface area contributed by atoms with E-state index < -0.39 is 0 Å². The first kappa shape index (κ1) is 23.9. The Kier molecular flexibility index (Phi) is 8.89. The predicted molar refractivity (Wildman–Crippen MR) is 124 cm³/mol. The fourth-order valence-corrected chi connectivity index (χ4v) is 3.01. The maximum absolute atomic E-state index is 12.8. The van der Waals surface area contributed by atoms with Gasteiger partial charge in [-0.1, -0.05) is 52.6 Å². The average Bonchev–Trinajstić information content (AvgIpc) is 2.65. The van der Waals surface area contributed by atoms with Crippen LogP contribution in [0.5, 0.6) is 5.75 Å². The van der Waals surface area contributed by atoms with E-state index in [9.17, 15) is 4.79 Å². The van der Waals surface area contributed by atoms with E-state index in [0.29, 0.717) is 17.0 Å². The molecule has 0 aliphatic carbocycles. The predicted octanol–water partition coefficient (Wildman–Crippen LogP) is 6.58. The highest BCUT2D eigenvalue weighted by Gasteiger charge is 2.21. The van der Waals surface area contributed by atoms with Crippen LogP contribution in [-0.4, -0.2) is 19.3 Å². The zero-order valence-electron chi connectivity index (χ0n) is 18.6. The van der Waals surface area contributed by atoms with E-state index in [-0.39, 0.29) is 11.3 Å². The van der Waals surface area contributed by atoms with Crippen LogP contribution in [0.4, 0.5) is 11.4 Å². The molecule has 0 spiro atoms. The second kappa shape index (κ2) is 10.4. The number of ether oxygens (including phenoxy) is 1. The molecular weight excluding hydrogens is 368 g/mol. The summed E-state index contributed by atoms with van der Waals surface area (Å²) < 4.78 is 8.84. The third kappa shape index (κ3) is 5.93. The molecule has 0 radical (unpaired) electrons. The Morgan fingerprint density at radius 3 is 2.11 bits per heavy atom. The van der Waals surface area contributed by atoms with E-state index >= 15 is 0 Å². The molecule has 28 heavy (non-hydrogen) atoms. The summed E-state index contributed by atoms with van der Waals surface area (Å²) in [5.74, 6) is 0.483. The third-order valence-corrected chi connectivity index (χ3v) is 4.81. The Bertz CT molecular complexity index is 811. The number of carbonyl (C=O) groups excluding carboxylic acids is 1. The minimum atomic E-state index is -0.146. The smallest absolute Gasteiger partial charge is 0.255 e. The van der Waals surface area contributed by atoms with Gasteiger partial charge < -0.3 is 14.8 Å². The second-order valence-corrected chi connectivity index (χ2v) is 8.03. The van der Waals surface area contributed by atoms with Crippen molar-refractivity contribution in [2.45, 2.75) is 53.9 Å². The van der Waals surface area contributed by atoms with Crippen molar-refractivity contribution >= 4 is 29.2 Å². The molecule has 154 valence electrons. The lowest BCUT2D eigenvalue weighted by molar-refractivity contribution is 0.102. The lowest BCUT2D eigenvalue weighted by Crippen LogP contribution is -2.16. The van der Waals surface area contributed by atoms with Gasteiger partial charge in [-0.15, -0.1) is 0 Å². The number of methoxy groups -OCH3 is 1. The van der Waals surface area contributed by atoms with Gasteiger partial charge in [0.2, 0.25) is 0 Å². The van der Waals surface area contributed by atoms with Crippen molar-refractivity contribution in [2.75, 3.05) is 23.4 Å². The fraction of sp³-hybridized carbons (Fsp3) is 0.435. The van der Waals surface area contributed by atoms with E-state index in [1.54, 1.807) is 7.11 Å². The Morgan fingerprint density at radius 1 is 1.00 bits per heavy atom. The summed E-state index contributed by atoms with van der Waals surface area (Å²) >= 11 is 1.49. The largest absolute Gasteiger partial charge is 0.492 e. The molecule has 2 aromatic rings. The Hall–Kier alpha value is -2.14. The van der Waals surface area contributed by atoms with Gasteiger partial charge in [-0.2, -0.15) is 0 Å². The van der Waals surface area contributed by atoms with Gasteiger partial charge in [-0.25, -0.2) is 0 Å². The van der Waals surface area contributed by atoms with Crippen LogP contribution in [0.3, 0.4) is 0 Å². The number of hydrogen-bond donors (Lipinski definition) is 2. The van der Waals surface area contributed by atoms with Gasteiger partial charge in [0, 0.05) is 11.8 Å². The molecule has 2 aromatic carbocycles. The van der Waals surface area contributed by atoms with E-state index in [1.807, 2.05) is 58.2 Å². The lowest BCUT2D eigenvalue weighted by Gasteiger charge is -2.24. The van der Waals surface area contributed by atoms with Crippen molar-refractivity contribution in [3.8, 4) is 5.75 Å². The first-order chi connectivity index (χ1) is 13.2. The molecular formula is C23H34N2O2S. The third-order valence-electron chi connectivity index (χ3n) is 4.39. The first-order valence-corrected chi connectivity index (χ1v) is 10.8. The van der Waals surface area contributed by atoms with Crippen molar-refractivity contribution in [1.29, 1.82) is 0 Å². The number of carbonyl (C=O) groups is 1. The van der Waals surface area contributed by atoms with E-state index in [1.165, 1.54) is 17.5 Å².